The normalized spacial score (nSPS) is 13.8. The van der Waals surface area contributed by atoms with Crippen molar-refractivity contribution >= 4 is 17.0 Å². The molecule has 0 bridgehead atoms. The number of nitrogens with zero attached hydrogens (tertiary/aromatic N) is 5. The molecule has 4 rings (SSSR count). The maximum absolute atomic E-state index is 14.7. The lowest BCUT2D eigenvalue weighted by Crippen LogP contribution is -2.43. The number of fused-ring (bicyclic) bond motifs is 1. The highest BCUT2D eigenvalue weighted by atomic mass is 19.1. The Morgan fingerprint density at radius 1 is 1.14 bits per heavy atom. The van der Waals surface area contributed by atoms with Gasteiger partial charge in [-0.2, -0.15) is 5.10 Å². The van der Waals surface area contributed by atoms with Gasteiger partial charge < -0.3 is 9.84 Å². The van der Waals surface area contributed by atoms with Crippen molar-refractivity contribution in [1.82, 2.24) is 24.2 Å². The fourth-order valence-corrected chi connectivity index (χ4v) is 4.24. The predicted molar refractivity (Wildman–Crippen MR) is 130 cm³/mol. The maximum atomic E-state index is 14.7. The van der Waals surface area contributed by atoms with Crippen LogP contribution in [0.2, 0.25) is 0 Å². The second kappa shape index (κ2) is 9.79. The zero-order valence-electron chi connectivity index (χ0n) is 20.7. The Kier molecular flexibility index (Phi) is 6.92. The fourth-order valence-electron chi connectivity index (χ4n) is 4.24. The largest absolute Gasteiger partial charge is 0.443 e. The average molecular weight is 498 g/mol. The molecule has 1 N–H and O–H groups in total. The van der Waals surface area contributed by atoms with E-state index >= 15 is 0 Å². The minimum atomic E-state index is -1.70. The van der Waals surface area contributed by atoms with Crippen molar-refractivity contribution in [2.45, 2.75) is 45.1 Å². The van der Waals surface area contributed by atoms with E-state index in [4.69, 9.17) is 4.74 Å². The number of halogens is 2. The summed E-state index contributed by atoms with van der Waals surface area (Å²) in [6.45, 7) is 5.82. The molecule has 10 heteroatoms. The highest BCUT2D eigenvalue weighted by Gasteiger charge is 2.35. The second-order valence-corrected chi connectivity index (χ2v) is 9.98. The van der Waals surface area contributed by atoms with Crippen LogP contribution in [0.15, 0.2) is 61.3 Å². The summed E-state index contributed by atoms with van der Waals surface area (Å²) < 4.78 is 36.6. The third kappa shape index (κ3) is 5.77. The molecule has 0 fully saturated rings. The van der Waals surface area contributed by atoms with E-state index in [9.17, 15) is 18.7 Å². The van der Waals surface area contributed by atoms with Crippen LogP contribution in [-0.4, -0.2) is 54.6 Å². The number of likely N-dealkylation sites (N-methyl/N-ethyl adjacent to an activating group) is 1. The average Bonchev–Trinajstić information content (AvgIpc) is 3.41. The van der Waals surface area contributed by atoms with Crippen molar-refractivity contribution in [1.29, 1.82) is 0 Å². The molecule has 2 aromatic carbocycles. The van der Waals surface area contributed by atoms with Gasteiger partial charge in [0.25, 0.3) is 0 Å². The second-order valence-electron chi connectivity index (χ2n) is 9.98. The highest BCUT2D eigenvalue weighted by molar-refractivity contribution is 5.89. The number of benzene rings is 2. The summed E-state index contributed by atoms with van der Waals surface area (Å²) in [6.07, 6.45) is 3.96. The Morgan fingerprint density at radius 2 is 1.92 bits per heavy atom. The van der Waals surface area contributed by atoms with Crippen LogP contribution >= 0.6 is 0 Å². The summed E-state index contributed by atoms with van der Waals surface area (Å²) in [5.74, 6) is -1.56. The van der Waals surface area contributed by atoms with Crippen molar-refractivity contribution in [2.75, 3.05) is 13.6 Å². The molecule has 0 spiro atoms. The van der Waals surface area contributed by atoms with E-state index in [1.165, 1.54) is 28.0 Å². The van der Waals surface area contributed by atoms with Crippen LogP contribution in [-0.2, 0) is 23.4 Å². The van der Waals surface area contributed by atoms with Crippen molar-refractivity contribution in [3.05, 3.63) is 84.1 Å². The van der Waals surface area contributed by atoms with E-state index in [2.05, 4.69) is 10.1 Å². The number of hydrogen-bond donors (Lipinski definition) is 1. The molecule has 0 aliphatic heterocycles. The van der Waals surface area contributed by atoms with Crippen molar-refractivity contribution < 1.29 is 23.4 Å². The Labute approximate surface area is 207 Å². The molecule has 8 nitrogen and oxygen atoms in total. The zero-order chi connectivity index (χ0) is 26.1. The van der Waals surface area contributed by atoms with Gasteiger partial charge in [0.15, 0.2) is 0 Å². The summed E-state index contributed by atoms with van der Waals surface area (Å²) in [5, 5.41) is 16.4. The van der Waals surface area contributed by atoms with E-state index in [1.807, 2.05) is 49.9 Å². The van der Waals surface area contributed by atoms with Gasteiger partial charge in [-0.1, -0.05) is 12.1 Å². The molecule has 1 unspecified atom stereocenters. The first-order valence-electron chi connectivity index (χ1n) is 11.5. The fraction of sp³-hybridized carbons (Fsp3) is 0.346. The summed E-state index contributed by atoms with van der Waals surface area (Å²) in [5.41, 5.74) is -0.703. The number of aromatic nitrogens is 4. The first kappa shape index (κ1) is 25.5. The molecule has 190 valence electrons. The smallest absolute Gasteiger partial charge is 0.418 e. The van der Waals surface area contributed by atoms with Gasteiger partial charge in [-0.05, 0) is 57.6 Å². The molecule has 0 aliphatic carbocycles. The van der Waals surface area contributed by atoms with Gasteiger partial charge >= 0.3 is 6.09 Å². The van der Waals surface area contributed by atoms with Crippen LogP contribution in [0.1, 0.15) is 31.9 Å². The summed E-state index contributed by atoms with van der Waals surface area (Å²) >= 11 is 0. The Bertz CT molecular complexity index is 1360. The van der Waals surface area contributed by atoms with Crippen molar-refractivity contribution in [3.8, 4) is 0 Å². The maximum Gasteiger partial charge on any atom is 0.418 e. The summed E-state index contributed by atoms with van der Waals surface area (Å²) in [4.78, 5) is 18.2. The quantitative estimate of drug-likeness (QED) is 0.410. The highest BCUT2D eigenvalue weighted by Crippen LogP contribution is 2.28. The van der Waals surface area contributed by atoms with Crippen LogP contribution < -0.4 is 0 Å². The van der Waals surface area contributed by atoms with Crippen LogP contribution in [0.4, 0.5) is 13.6 Å². The van der Waals surface area contributed by atoms with E-state index < -0.39 is 28.9 Å². The Hall–Kier alpha value is -3.63. The first-order valence-corrected chi connectivity index (χ1v) is 11.5. The minimum absolute atomic E-state index is 0.0314. The lowest BCUT2D eigenvalue weighted by molar-refractivity contribution is -0.0175. The summed E-state index contributed by atoms with van der Waals surface area (Å²) in [7, 11) is 1.80. The van der Waals surface area contributed by atoms with Crippen molar-refractivity contribution in [3.63, 3.8) is 0 Å². The van der Waals surface area contributed by atoms with Gasteiger partial charge in [0.05, 0.1) is 12.1 Å². The topological polar surface area (TPSA) is 85.4 Å². The number of carbonyl (C=O) groups excluding carboxylic acids is 1. The number of hydrogen-bond acceptors (Lipinski definition) is 6. The zero-order valence-corrected chi connectivity index (χ0v) is 20.7. The molecule has 2 heterocycles. The standard InChI is InChI=1S/C26H29F2N5O3/c1-25(2,3)36-24(34)33-10-9-19-11-18(5-8-23(19)33)13-31(4)14-26(35,15-32-17-29-16-30-32)21-7-6-20(27)12-22(21)28/h5-12,16-17,35H,13-15H2,1-4H3. The molecular formula is C26H29F2N5O3. The van der Waals surface area contributed by atoms with Gasteiger partial charge in [-0.25, -0.2) is 23.2 Å². The molecule has 0 radical (unpaired) electrons. The van der Waals surface area contributed by atoms with Crippen LogP contribution in [0.25, 0.3) is 10.9 Å². The van der Waals surface area contributed by atoms with Gasteiger partial charge in [0.2, 0.25) is 0 Å². The van der Waals surface area contributed by atoms with Gasteiger partial charge in [0, 0.05) is 36.3 Å². The number of ether oxygens (including phenoxy) is 1. The van der Waals surface area contributed by atoms with E-state index in [1.54, 1.807) is 13.2 Å². The van der Waals surface area contributed by atoms with Crippen LogP contribution in [0, 0.1) is 11.6 Å². The molecule has 0 amide bonds. The Balaban J connectivity index is 1.55. The lowest BCUT2D eigenvalue weighted by atomic mass is 9.92. The third-order valence-electron chi connectivity index (χ3n) is 5.65. The molecule has 0 saturated heterocycles. The third-order valence-corrected chi connectivity index (χ3v) is 5.65. The van der Waals surface area contributed by atoms with E-state index in [-0.39, 0.29) is 18.7 Å². The number of carbonyl (C=O) groups is 1. The van der Waals surface area contributed by atoms with Crippen molar-refractivity contribution in [2.24, 2.45) is 0 Å². The molecule has 2 aromatic heterocycles. The minimum Gasteiger partial charge on any atom is -0.443 e. The number of aliphatic hydroxyl groups is 1. The molecular weight excluding hydrogens is 468 g/mol. The predicted octanol–water partition coefficient (Wildman–Crippen LogP) is 4.31. The number of rotatable bonds is 7. The molecule has 36 heavy (non-hydrogen) atoms. The Morgan fingerprint density at radius 3 is 2.58 bits per heavy atom. The van der Waals surface area contributed by atoms with Gasteiger partial charge in [-0.3, -0.25) is 9.47 Å². The summed E-state index contributed by atoms with van der Waals surface area (Å²) in [6, 6.07) is 10.6. The molecule has 4 aromatic rings. The monoisotopic (exact) mass is 497 g/mol. The SMILES string of the molecule is CN(Cc1ccc2c(ccn2C(=O)OC(C)(C)C)c1)CC(O)(Cn1cncn1)c1ccc(F)cc1F. The van der Waals surface area contributed by atoms with E-state index in [0.29, 0.717) is 12.1 Å². The van der Waals surface area contributed by atoms with E-state index in [0.717, 1.165) is 23.1 Å². The molecule has 0 aliphatic rings. The van der Waals surface area contributed by atoms with Gasteiger partial charge in [0.1, 0.15) is 35.5 Å². The lowest BCUT2D eigenvalue weighted by Gasteiger charge is -2.33. The van der Waals surface area contributed by atoms with Gasteiger partial charge in [-0.15, -0.1) is 0 Å². The molecule has 1 atom stereocenters. The first-order chi connectivity index (χ1) is 16.9. The molecule has 0 saturated carbocycles. The van der Waals surface area contributed by atoms with Crippen LogP contribution in [0.5, 0.6) is 0 Å². The van der Waals surface area contributed by atoms with Crippen LogP contribution in [0.3, 0.4) is 0 Å².